The first-order chi connectivity index (χ1) is 15.0. The van der Waals surface area contributed by atoms with Crippen LogP contribution in [0.2, 0.25) is 0 Å². The van der Waals surface area contributed by atoms with Gasteiger partial charge in [0.25, 0.3) is 0 Å². The van der Waals surface area contributed by atoms with Crippen molar-refractivity contribution in [3.63, 3.8) is 0 Å². The van der Waals surface area contributed by atoms with Crippen LogP contribution in [-0.4, -0.2) is 40.6 Å². The molecule has 31 heavy (non-hydrogen) atoms. The van der Waals surface area contributed by atoms with Gasteiger partial charge in [0.05, 0.1) is 10.4 Å². The summed E-state index contributed by atoms with van der Waals surface area (Å²) >= 11 is 0. The minimum absolute atomic E-state index is 0.0720. The first-order valence-corrected chi connectivity index (χ1v) is 12.0. The third-order valence-corrected chi connectivity index (χ3v) is 7.87. The fraction of sp³-hybridized carbons (Fsp3) is 0.550. The number of nitrogens with zero attached hydrogens (tertiary/aromatic N) is 4. The lowest BCUT2D eigenvalue weighted by atomic mass is 10.1. The van der Waals surface area contributed by atoms with Crippen LogP contribution < -0.4 is 5.76 Å². The molecule has 0 bridgehead atoms. The van der Waals surface area contributed by atoms with Crippen molar-refractivity contribution in [3.05, 3.63) is 40.5 Å². The van der Waals surface area contributed by atoms with E-state index < -0.39 is 21.8 Å². The number of hydrogen-bond donors (Lipinski definition) is 0. The molecule has 0 saturated carbocycles. The molecule has 5 rings (SSSR count). The molecule has 2 aliphatic heterocycles. The molecule has 1 unspecified atom stereocenters. The third-order valence-electron chi connectivity index (χ3n) is 5.96. The van der Waals surface area contributed by atoms with Crippen molar-refractivity contribution in [2.75, 3.05) is 13.2 Å². The Labute approximate surface area is 178 Å². The molecule has 1 aromatic carbocycles. The van der Waals surface area contributed by atoms with Crippen LogP contribution in [0.15, 0.2) is 36.7 Å². The molecule has 0 amide bonds. The second-order valence-corrected chi connectivity index (χ2v) is 9.74. The maximum Gasteiger partial charge on any atom is 0.419 e. The van der Waals surface area contributed by atoms with Gasteiger partial charge in [0.1, 0.15) is 12.1 Å². The highest BCUT2D eigenvalue weighted by Crippen LogP contribution is 2.37. The van der Waals surface area contributed by atoms with Gasteiger partial charge in [-0.15, -0.1) is 10.2 Å². The van der Waals surface area contributed by atoms with Gasteiger partial charge in [-0.05, 0) is 44.7 Å². The van der Waals surface area contributed by atoms with Crippen molar-refractivity contribution < 1.29 is 22.0 Å². The van der Waals surface area contributed by atoms with Gasteiger partial charge < -0.3 is 13.6 Å². The average molecular weight is 449 g/mol. The van der Waals surface area contributed by atoms with Crippen LogP contribution in [0.1, 0.15) is 63.0 Å². The molecule has 0 spiro atoms. The monoisotopic (exact) mass is 448 g/mol. The van der Waals surface area contributed by atoms with Crippen LogP contribution in [-0.2, 0) is 21.3 Å². The standard InChI is InChI=1S/C20H24N4O6S/c1-2-23-14-9-8-13(12-17(14)29-20(23)25)31(26,27)24-10-4-3-6-15(24)18-21-22-19(30-18)16-7-5-11-28-16/h8-9,12,15-16H,2-7,10-11H2,1H3/t15?,16-/m1/s1. The van der Waals surface area contributed by atoms with Crippen molar-refractivity contribution in [2.24, 2.45) is 0 Å². The SMILES string of the molecule is CCn1c(=O)oc2cc(S(=O)(=O)N3CCCCC3c3nnc([C@H]4CCCO4)o3)ccc21. The fourth-order valence-electron chi connectivity index (χ4n) is 4.37. The van der Waals surface area contributed by atoms with Gasteiger partial charge in [0.15, 0.2) is 5.58 Å². The predicted octanol–water partition coefficient (Wildman–Crippen LogP) is 2.76. The smallest absolute Gasteiger partial charge is 0.419 e. The maximum atomic E-state index is 13.5. The van der Waals surface area contributed by atoms with Gasteiger partial charge >= 0.3 is 5.76 Å². The normalized spacial score (nSPS) is 23.0. The first-order valence-electron chi connectivity index (χ1n) is 10.6. The summed E-state index contributed by atoms with van der Waals surface area (Å²) in [5.74, 6) is 0.188. The number of fused-ring (bicyclic) bond motifs is 1. The summed E-state index contributed by atoms with van der Waals surface area (Å²) < 4.78 is 46.6. The highest BCUT2D eigenvalue weighted by molar-refractivity contribution is 7.89. The molecule has 2 saturated heterocycles. The number of hydrogen-bond acceptors (Lipinski definition) is 8. The van der Waals surface area contributed by atoms with E-state index in [4.69, 9.17) is 13.6 Å². The molecule has 3 aromatic rings. The molecule has 0 radical (unpaired) electrons. The minimum atomic E-state index is -3.87. The van der Waals surface area contributed by atoms with E-state index in [9.17, 15) is 13.2 Å². The van der Waals surface area contributed by atoms with E-state index in [0.717, 1.165) is 25.7 Å². The fourth-order valence-corrected chi connectivity index (χ4v) is 6.03. The van der Waals surface area contributed by atoms with Crippen LogP contribution in [0.3, 0.4) is 0 Å². The minimum Gasteiger partial charge on any atom is -0.421 e. The summed E-state index contributed by atoms with van der Waals surface area (Å²) in [6.07, 6.45) is 3.73. The predicted molar refractivity (Wildman–Crippen MR) is 109 cm³/mol. The van der Waals surface area contributed by atoms with Gasteiger partial charge in [-0.1, -0.05) is 6.42 Å². The zero-order valence-corrected chi connectivity index (χ0v) is 18.0. The molecule has 2 aromatic heterocycles. The van der Waals surface area contributed by atoms with Crippen molar-refractivity contribution in [2.45, 2.75) is 62.6 Å². The van der Waals surface area contributed by atoms with Crippen molar-refractivity contribution in [1.29, 1.82) is 0 Å². The van der Waals surface area contributed by atoms with Crippen LogP contribution in [0.25, 0.3) is 11.1 Å². The average Bonchev–Trinajstić information content (AvgIpc) is 3.52. The number of ether oxygens (including phenoxy) is 1. The molecule has 2 atom stereocenters. The van der Waals surface area contributed by atoms with Gasteiger partial charge in [0, 0.05) is 25.8 Å². The van der Waals surface area contributed by atoms with Gasteiger partial charge in [-0.3, -0.25) is 4.57 Å². The number of benzene rings is 1. The van der Waals surface area contributed by atoms with Gasteiger partial charge in [-0.25, -0.2) is 13.2 Å². The second-order valence-electron chi connectivity index (χ2n) is 7.85. The molecule has 2 aliphatic rings. The number of sulfonamides is 1. The number of aromatic nitrogens is 3. The lowest BCUT2D eigenvalue weighted by molar-refractivity contribution is 0.0858. The van der Waals surface area contributed by atoms with Crippen molar-refractivity contribution in [3.8, 4) is 0 Å². The number of piperidine rings is 1. The van der Waals surface area contributed by atoms with E-state index in [-0.39, 0.29) is 16.6 Å². The molecule has 166 valence electrons. The summed E-state index contributed by atoms with van der Waals surface area (Å²) in [5, 5.41) is 8.26. The van der Waals surface area contributed by atoms with Gasteiger partial charge in [-0.2, -0.15) is 4.31 Å². The summed E-state index contributed by atoms with van der Waals surface area (Å²) in [6.45, 7) is 3.28. The Hall–Kier alpha value is -2.50. The number of rotatable bonds is 5. The summed E-state index contributed by atoms with van der Waals surface area (Å²) in [7, 11) is -3.87. The Bertz CT molecular complexity index is 1250. The highest BCUT2D eigenvalue weighted by atomic mass is 32.2. The largest absolute Gasteiger partial charge is 0.421 e. The zero-order chi connectivity index (χ0) is 21.6. The van der Waals surface area contributed by atoms with Crippen LogP contribution in [0.5, 0.6) is 0 Å². The molecular formula is C20H24N4O6S. The highest BCUT2D eigenvalue weighted by Gasteiger charge is 2.38. The quantitative estimate of drug-likeness (QED) is 0.584. The van der Waals surface area contributed by atoms with Crippen molar-refractivity contribution in [1.82, 2.24) is 19.1 Å². The van der Waals surface area contributed by atoms with E-state index in [1.807, 2.05) is 6.92 Å². The third kappa shape index (κ3) is 3.50. The van der Waals surface area contributed by atoms with E-state index in [2.05, 4.69) is 10.2 Å². The summed E-state index contributed by atoms with van der Waals surface area (Å²) in [5.41, 5.74) is 0.819. The lowest BCUT2D eigenvalue weighted by Gasteiger charge is -2.32. The van der Waals surface area contributed by atoms with E-state index in [0.29, 0.717) is 43.4 Å². The van der Waals surface area contributed by atoms with Crippen LogP contribution in [0.4, 0.5) is 0 Å². The molecular weight excluding hydrogens is 424 g/mol. The first kappa shape index (κ1) is 20.4. The van der Waals surface area contributed by atoms with Gasteiger partial charge in [0.2, 0.25) is 21.8 Å². The summed E-state index contributed by atoms with van der Waals surface area (Å²) in [4.78, 5) is 12.1. The second kappa shape index (κ2) is 7.88. The van der Waals surface area contributed by atoms with E-state index >= 15 is 0 Å². The Kier molecular flexibility index (Phi) is 5.19. The molecule has 2 fully saturated rings. The maximum absolute atomic E-state index is 13.5. The Morgan fingerprint density at radius 2 is 1.94 bits per heavy atom. The topological polar surface area (TPSA) is 121 Å². The Morgan fingerprint density at radius 3 is 2.71 bits per heavy atom. The lowest BCUT2D eigenvalue weighted by Crippen LogP contribution is -2.38. The molecule has 10 nitrogen and oxygen atoms in total. The molecule has 4 heterocycles. The van der Waals surface area contributed by atoms with E-state index in [1.54, 1.807) is 6.07 Å². The number of oxazole rings is 1. The van der Waals surface area contributed by atoms with Crippen molar-refractivity contribution >= 4 is 21.1 Å². The molecule has 0 N–H and O–H groups in total. The molecule has 0 aliphatic carbocycles. The Morgan fingerprint density at radius 1 is 1.10 bits per heavy atom. The van der Waals surface area contributed by atoms with Crippen LogP contribution in [0, 0.1) is 0 Å². The zero-order valence-electron chi connectivity index (χ0n) is 17.2. The van der Waals surface area contributed by atoms with E-state index in [1.165, 1.54) is 21.0 Å². The Balaban J connectivity index is 1.49. The molecule has 11 heteroatoms. The number of aryl methyl sites for hydroxylation is 1. The van der Waals surface area contributed by atoms with Crippen LogP contribution >= 0.6 is 0 Å². The summed E-state index contributed by atoms with van der Waals surface area (Å²) in [6, 6.07) is 3.99.